The molecule has 0 amide bonds. The van der Waals surface area contributed by atoms with Crippen molar-refractivity contribution in [3.8, 4) is 44.5 Å². The molecule has 2 aliphatic rings. The molecule has 1 spiro atoms. The van der Waals surface area contributed by atoms with Crippen molar-refractivity contribution < 1.29 is 0 Å². The van der Waals surface area contributed by atoms with E-state index >= 15 is 0 Å². The minimum Gasteiger partial charge on any atom is -0.311 e. The van der Waals surface area contributed by atoms with E-state index in [9.17, 15) is 0 Å². The number of halogens is 1. The van der Waals surface area contributed by atoms with Crippen LogP contribution in [0.3, 0.4) is 0 Å². The molecule has 51 heavy (non-hydrogen) atoms. The Bertz CT molecular complexity index is 2500. The van der Waals surface area contributed by atoms with Crippen LogP contribution in [0.15, 0.2) is 194 Å². The lowest BCUT2D eigenvalue weighted by Gasteiger charge is -2.31. The number of anilines is 3. The van der Waals surface area contributed by atoms with Crippen molar-refractivity contribution in [2.75, 3.05) is 4.90 Å². The zero-order valence-corrected chi connectivity index (χ0v) is 28.6. The number of fused-ring (bicyclic) bond motifs is 10. The van der Waals surface area contributed by atoms with Crippen LogP contribution in [0.2, 0.25) is 5.02 Å². The molecule has 240 valence electrons. The molecule has 0 heterocycles. The summed E-state index contributed by atoms with van der Waals surface area (Å²) in [5.41, 5.74) is 18.1. The first-order valence-electron chi connectivity index (χ1n) is 17.5. The van der Waals surface area contributed by atoms with Crippen LogP contribution in [0, 0.1) is 0 Å². The Balaban J connectivity index is 1.22. The van der Waals surface area contributed by atoms with Crippen LogP contribution in [0.5, 0.6) is 0 Å². The second-order valence-electron chi connectivity index (χ2n) is 13.4. The summed E-state index contributed by atoms with van der Waals surface area (Å²) in [4.78, 5) is 2.30. The second-order valence-corrected chi connectivity index (χ2v) is 13.8. The van der Waals surface area contributed by atoms with Gasteiger partial charge < -0.3 is 4.90 Å². The van der Waals surface area contributed by atoms with Crippen molar-refractivity contribution >= 4 is 28.7 Å². The molecule has 0 atom stereocenters. The molecule has 0 saturated carbocycles. The van der Waals surface area contributed by atoms with E-state index in [-0.39, 0.29) is 0 Å². The van der Waals surface area contributed by atoms with E-state index in [1.165, 1.54) is 55.6 Å². The molecule has 0 saturated heterocycles. The molecule has 8 aromatic carbocycles. The molecule has 0 radical (unpaired) electrons. The third-order valence-electron chi connectivity index (χ3n) is 10.7. The Kier molecular flexibility index (Phi) is 6.84. The first kappa shape index (κ1) is 29.7. The smallest absolute Gasteiger partial charge is 0.0725 e. The van der Waals surface area contributed by atoms with Crippen molar-refractivity contribution in [1.82, 2.24) is 0 Å². The summed E-state index contributed by atoms with van der Waals surface area (Å²) in [6.07, 6.45) is 0. The predicted molar refractivity (Wildman–Crippen MR) is 213 cm³/mol. The van der Waals surface area contributed by atoms with Gasteiger partial charge in [-0.15, -0.1) is 0 Å². The number of benzene rings is 8. The molecule has 0 fully saturated rings. The van der Waals surface area contributed by atoms with Gasteiger partial charge in [0.15, 0.2) is 0 Å². The maximum Gasteiger partial charge on any atom is 0.0725 e. The lowest BCUT2D eigenvalue weighted by molar-refractivity contribution is 0.794. The molecule has 0 bridgehead atoms. The van der Waals surface area contributed by atoms with Gasteiger partial charge in [-0.1, -0.05) is 157 Å². The fraction of sp³-hybridized carbons (Fsp3) is 0.0204. The van der Waals surface area contributed by atoms with Crippen LogP contribution in [0.25, 0.3) is 44.5 Å². The van der Waals surface area contributed by atoms with Crippen LogP contribution in [-0.4, -0.2) is 0 Å². The quantitative estimate of drug-likeness (QED) is 0.176. The van der Waals surface area contributed by atoms with Gasteiger partial charge in [-0.3, -0.25) is 0 Å². The van der Waals surface area contributed by atoms with Crippen LogP contribution in [-0.2, 0) is 5.41 Å². The molecule has 1 nitrogen and oxygen atoms in total. The summed E-state index contributed by atoms with van der Waals surface area (Å²) >= 11 is 6.77. The first-order valence-corrected chi connectivity index (χ1v) is 17.8. The van der Waals surface area contributed by atoms with Crippen molar-refractivity contribution in [2.45, 2.75) is 5.41 Å². The maximum atomic E-state index is 6.77. The van der Waals surface area contributed by atoms with Crippen molar-refractivity contribution in [1.29, 1.82) is 0 Å². The summed E-state index contributed by atoms with van der Waals surface area (Å²) in [6.45, 7) is 0. The van der Waals surface area contributed by atoms with Gasteiger partial charge in [-0.25, -0.2) is 0 Å². The van der Waals surface area contributed by atoms with E-state index in [4.69, 9.17) is 11.6 Å². The summed E-state index contributed by atoms with van der Waals surface area (Å²) < 4.78 is 0. The molecule has 0 N–H and O–H groups in total. The topological polar surface area (TPSA) is 3.24 Å². The molecular weight excluding hydrogens is 638 g/mol. The first-order chi connectivity index (χ1) is 25.2. The summed E-state index contributed by atoms with van der Waals surface area (Å²) in [6, 6.07) is 70.2. The van der Waals surface area contributed by atoms with E-state index in [1.54, 1.807) is 0 Å². The van der Waals surface area contributed by atoms with Gasteiger partial charge in [0, 0.05) is 22.1 Å². The minimum absolute atomic E-state index is 0.416. The molecule has 2 heteroatoms. The highest BCUT2D eigenvalue weighted by atomic mass is 35.5. The summed E-state index contributed by atoms with van der Waals surface area (Å²) in [5, 5.41) is 0.727. The lowest BCUT2D eigenvalue weighted by atomic mass is 9.70. The molecule has 2 aliphatic carbocycles. The number of nitrogens with zero attached hydrogens (tertiary/aromatic N) is 1. The van der Waals surface area contributed by atoms with Gasteiger partial charge >= 0.3 is 0 Å². The number of rotatable bonds is 5. The van der Waals surface area contributed by atoms with E-state index in [0.717, 1.165) is 33.2 Å². The molecule has 0 aromatic heterocycles. The lowest BCUT2D eigenvalue weighted by Crippen LogP contribution is -2.25. The Morgan fingerprint density at radius 2 is 0.843 bits per heavy atom. The van der Waals surface area contributed by atoms with Crippen molar-refractivity contribution in [3.05, 3.63) is 221 Å². The van der Waals surface area contributed by atoms with Crippen LogP contribution in [0.1, 0.15) is 22.3 Å². The highest BCUT2D eigenvalue weighted by molar-refractivity contribution is 6.31. The number of para-hydroxylation sites is 2. The summed E-state index contributed by atoms with van der Waals surface area (Å²) in [5.74, 6) is 0. The second kappa shape index (κ2) is 11.7. The standard InChI is InChI=1S/C49H32ClN/c50-35-15-13-14-34(32-35)47-39(33-26-28-38(29-27-33)51(36-16-3-1-4-17-36)37-18-5-2-6-19-37)30-31-46-48(47)42-22-9-12-25-45(42)49(46)43-23-10-7-20-40(43)41-21-8-11-24-44(41)49/h1-32H. The summed E-state index contributed by atoms with van der Waals surface area (Å²) in [7, 11) is 0. The van der Waals surface area contributed by atoms with Crippen molar-refractivity contribution in [2.24, 2.45) is 0 Å². The fourth-order valence-electron chi connectivity index (χ4n) is 8.76. The Morgan fingerprint density at radius 3 is 1.43 bits per heavy atom. The Hall–Kier alpha value is -6.15. The van der Waals surface area contributed by atoms with E-state index in [0.29, 0.717) is 0 Å². The van der Waals surface area contributed by atoms with E-state index in [2.05, 4.69) is 193 Å². The van der Waals surface area contributed by atoms with Gasteiger partial charge in [-0.2, -0.15) is 0 Å². The van der Waals surface area contributed by atoms with Gasteiger partial charge in [0.1, 0.15) is 0 Å². The van der Waals surface area contributed by atoms with E-state index in [1.807, 2.05) is 6.07 Å². The zero-order chi connectivity index (χ0) is 33.9. The monoisotopic (exact) mass is 669 g/mol. The van der Waals surface area contributed by atoms with Gasteiger partial charge in [-0.05, 0) is 115 Å². The van der Waals surface area contributed by atoms with Crippen LogP contribution < -0.4 is 4.90 Å². The van der Waals surface area contributed by atoms with Crippen LogP contribution >= 0.6 is 11.6 Å². The molecule has 0 unspecified atom stereocenters. The Morgan fingerprint density at radius 1 is 0.333 bits per heavy atom. The fourth-order valence-corrected chi connectivity index (χ4v) is 8.95. The van der Waals surface area contributed by atoms with Gasteiger partial charge in [0.2, 0.25) is 0 Å². The van der Waals surface area contributed by atoms with E-state index < -0.39 is 5.41 Å². The maximum absolute atomic E-state index is 6.77. The SMILES string of the molecule is Clc1cccc(-c2c(-c3ccc(N(c4ccccc4)c4ccccc4)cc3)ccc3c2-c2ccccc2C32c3ccccc3-c3ccccc32)c1. The predicted octanol–water partition coefficient (Wildman–Crippen LogP) is 13.5. The minimum atomic E-state index is -0.416. The van der Waals surface area contributed by atoms with Gasteiger partial charge in [0.25, 0.3) is 0 Å². The zero-order valence-electron chi connectivity index (χ0n) is 27.8. The molecule has 8 aromatic rings. The largest absolute Gasteiger partial charge is 0.311 e. The van der Waals surface area contributed by atoms with Crippen LogP contribution in [0.4, 0.5) is 17.1 Å². The molecule has 10 rings (SSSR count). The number of hydrogen-bond donors (Lipinski definition) is 0. The Labute approximate surface area is 303 Å². The third kappa shape index (κ3) is 4.42. The highest BCUT2D eigenvalue weighted by Gasteiger charge is 2.52. The average molecular weight is 670 g/mol. The van der Waals surface area contributed by atoms with Gasteiger partial charge in [0.05, 0.1) is 5.41 Å². The van der Waals surface area contributed by atoms with Crippen molar-refractivity contribution in [3.63, 3.8) is 0 Å². The average Bonchev–Trinajstić information content (AvgIpc) is 3.66. The number of hydrogen-bond acceptors (Lipinski definition) is 1. The molecular formula is C49H32ClN. The normalized spacial score (nSPS) is 13.0. The highest BCUT2D eigenvalue weighted by Crippen LogP contribution is 2.64. The molecule has 0 aliphatic heterocycles. The third-order valence-corrected chi connectivity index (χ3v) is 11.0.